The largest absolute Gasteiger partial charge is 0.493 e. The zero-order valence-electron chi connectivity index (χ0n) is 8.61. The molecule has 1 aliphatic rings. The van der Waals surface area contributed by atoms with Gasteiger partial charge in [-0.05, 0) is 24.6 Å². The number of benzene rings is 1. The number of Topliss-reactive ketones (excluding diaryl/α,β-unsaturated/α-hetero) is 1. The van der Waals surface area contributed by atoms with Crippen LogP contribution in [0.4, 0.5) is 0 Å². The van der Waals surface area contributed by atoms with Crippen LogP contribution in [0.5, 0.6) is 5.75 Å². The predicted octanol–water partition coefficient (Wildman–Crippen LogP) is 1.16. The van der Waals surface area contributed by atoms with Crippen LogP contribution in [0.3, 0.4) is 0 Å². The number of carbonyl (C=O) groups is 1. The molecule has 1 atom stereocenters. The number of hydrogen-bond donors (Lipinski definition) is 1. The molecule has 0 spiro atoms. The Hall–Kier alpha value is -1.35. The van der Waals surface area contributed by atoms with E-state index >= 15 is 0 Å². The van der Waals surface area contributed by atoms with Crippen molar-refractivity contribution in [3.63, 3.8) is 0 Å². The van der Waals surface area contributed by atoms with Gasteiger partial charge in [0.25, 0.3) is 0 Å². The second-order valence-electron chi connectivity index (χ2n) is 3.82. The van der Waals surface area contributed by atoms with Gasteiger partial charge in [-0.1, -0.05) is 18.2 Å². The number of hydrogen-bond acceptors (Lipinski definition) is 3. The average Bonchev–Trinajstić information content (AvgIpc) is 2.29. The fourth-order valence-corrected chi connectivity index (χ4v) is 1.88. The van der Waals surface area contributed by atoms with Crippen molar-refractivity contribution < 1.29 is 9.53 Å². The second kappa shape index (κ2) is 4.45. The molecule has 1 unspecified atom stereocenters. The van der Waals surface area contributed by atoms with Crippen LogP contribution >= 0.6 is 0 Å². The molecule has 1 aromatic carbocycles. The molecule has 0 radical (unpaired) electrons. The van der Waals surface area contributed by atoms with Crippen LogP contribution in [0.2, 0.25) is 0 Å². The molecule has 1 aliphatic heterocycles. The predicted molar refractivity (Wildman–Crippen MR) is 57.8 cm³/mol. The first-order valence-corrected chi connectivity index (χ1v) is 5.24. The molecular formula is C12H15NO2. The first-order valence-electron chi connectivity index (χ1n) is 5.24. The van der Waals surface area contributed by atoms with Gasteiger partial charge in [0, 0.05) is 6.42 Å². The van der Waals surface area contributed by atoms with Gasteiger partial charge >= 0.3 is 0 Å². The van der Waals surface area contributed by atoms with Crippen molar-refractivity contribution in [2.24, 2.45) is 11.7 Å². The smallest absolute Gasteiger partial charge is 0.140 e. The normalized spacial score (nSPS) is 19.1. The van der Waals surface area contributed by atoms with Crippen molar-refractivity contribution in [1.82, 2.24) is 0 Å². The SMILES string of the molecule is NCCC(=O)C1COc2ccccc2C1. The topological polar surface area (TPSA) is 52.3 Å². The van der Waals surface area contributed by atoms with Gasteiger partial charge in [0.1, 0.15) is 11.5 Å². The van der Waals surface area contributed by atoms with Crippen molar-refractivity contribution >= 4 is 5.78 Å². The molecule has 80 valence electrons. The van der Waals surface area contributed by atoms with E-state index in [1.54, 1.807) is 0 Å². The Kier molecular flexibility index (Phi) is 3.02. The van der Waals surface area contributed by atoms with Gasteiger partial charge in [0.15, 0.2) is 0 Å². The number of ketones is 1. The van der Waals surface area contributed by atoms with E-state index < -0.39 is 0 Å². The van der Waals surface area contributed by atoms with E-state index in [0.717, 1.165) is 17.7 Å². The Balaban J connectivity index is 2.08. The summed E-state index contributed by atoms with van der Waals surface area (Å²) < 4.78 is 5.54. The highest BCUT2D eigenvalue weighted by Crippen LogP contribution is 2.27. The Morgan fingerprint density at radius 1 is 1.47 bits per heavy atom. The van der Waals surface area contributed by atoms with Gasteiger partial charge in [-0.25, -0.2) is 0 Å². The highest BCUT2D eigenvalue weighted by atomic mass is 16.5. The molecule has 2 N–H and O–H groups in total. The van der Waals surface area contributed by atoms with Crippen LogP contribution in [0.25, 0.3) is 0 Å². The minimum absolute atomic E-state index is 0.0107. The van der Waals surface area contributed by atoms with Crippen molar-refractivity contribution in [1.29, 1.82) is 0 Å². The van der Waals surface area contributed by atoms with Gasteiger partial charge in [0.2, 0.25) is 0 Å². The second-order valence-corrected chi connectivity index (χ2v) is 3.82. The summed E-state index contributed by atoms with van der Waals surface area (Å²) >= 11 is 0. The molecule has 0 saturated heterocycles. The summed E-state index contributed by atoms with van der Waals surface area (Å²) in [4.78, 5) is 11.6. The number of rotatable bonds is 3. The van der Waals surface area contributed by atoms with Crippen LogP contribution in [0.15, 0.2) is 24.3 Å². The molecule has 0 aliphatic carbocycles. The Morgan fingerprint density at radius 2 is 2.27 bits per heavy atom. The molecule has 0 aromatic heterocycles. The Morgan fingerprint density at radius 3 is 3.07 bits per heavy atom. The zero-order chi connectivity index (χ0) is 10.7. The molecule has 1 heterocycles. The third kappa shape index (κ3) is 2.18. The first-order chi connectivity index (χ1) is 7.31. The molecule has 1 aromatic rings. The minimum atomic E-state index is -0.0107. The summed E-state index contributed by atoms with van der Waals surface area (Å²) in [6.07, 6.45) is 1.24. The lowest BCUT2D eigenvalue weighted by molar-refractivity contribution is -0.123. The van der Waals surface area contributed by atoms with Crippen molar-refractivity contribution in [3.05, 3.63) is 29.8 Å². The van der Waals surface area contributed by atoms with E-state index in [9.17, 15) is 4.79 Å². The van der Waals surface area contributed by atoms with E-state index in [4.69, 9.17) is 10.5 Å². The Labute approximate surface area is 89.2 Å². The molecule has 3 heteroatoms. The van der Waals surface area contributed by atoms with Gasteiger partial charge in [-0.3, -0.25) is 4.79 Å². The maximum atomic E-state index is 11.6. The molecule has 2 rings (SSSR count). The monoisotopic (exact) mass is 205 g/mol. The van der Waals surface area contributed by atoms with Crippen LogP contribution in [0, 0.1) is 5.92 Å². The van der Waals surface area contributed by atoms with Gasteiger partial charge in [0.05, 0.1) is 12.5 Å². The van der Waals surface area contributed by atoms with Crippen LogP contribution in [0.1, 0.15) is 12.0 Å². The number of nitrogens with two attached hydrogens (primary N) is 1. The standard InChI is InChI=1S/C12H15NO2/c13-6-5-11(14)10-7-9-3-1-2-4-12(9)15-8-10/h1-4,10H,5-8,13H2. The highest BCUT2D eigenvalue weighted by molar-refractivity contribution is 5.82. The maximum Gasteiger partial charge on any atom is 0.140 e. The van der Waals surface area contributed by atoms with Crippen molar-refractivity contribution in [3.8, 4) is 5.75 Å². The molecule has 0 fully saturated rings. The van der Waals surface area contributed by atoms with E-state index in [-0.39, 0.29) is 11.7 Å². The molecule has 0 amide bonds. The third-order valence-corrected chi connectivity index (χ3v) is 2.73. The molecule has 0 bridgehead atoms. The molecule has 15 heavy (non-hydrogen) atoms. The molecule has 3 nitrogen and oxygen atoms in total. The van der Waals surface area contributed by atoms with Gasteiger partial charge < -0.3 is 10.5 Å². The zero-order valence-corrected chi connectivity index (χ0v) is 8.61. The van der Waals surface area contributed by atoms with Crippen LogP contribution in [-0.4, -0.2) is 18.9 Å². The third-order valence-electron chi connectivity index (χ3n) is 2.73. The summed E-state index contributed by atoms with van der Waals surface area (Å²) in [7, 11) is 0. The molecule has 0 saturated carbocycles. The summed E-state index contributed by atoms with van der Waals surface area (Å²) in [5.41, 5.74) is 6.49. The van der Waals surface area contributed by atoms with Crippen molar-refractivity contribution in [2.75, 3.05) is 13.2 Å². The first kappa shape index (κ1) is 10.2. The van der Waals surface area contributed by atoms with Crippen molar-refractivity contribution in [2.45, 2.75) is 12.8 Å². The van der Waals surface area contributed by atoms with E-state index in [2.05, 4.69) is 0 Å². The molecular weight excluding hydrogens is 190 g/mol. The van der Waals surface area contributed by atoms with Crippen LogP contribution < -0.4 is 10.5 Å². The Bertz CT molecular complexity index is 362. The summed E-state index contributed by atoms with van der Waals surface area (Å²) in [6.45, 7) is 0.923. The fraction of sp³-hybridized carbons (Fsp3) is 0.417. The maximum absolute atomic E-state index is 11.6. The highest BCUT2D eigenvalue weighted by Gasteiger charge is 2.24. The number of ether oxygens (including phenoxy) is 1. The van der Waals surface area contributed by atoms with Crippen LogP contribution in [-0.2, 0) is 11.2 Å². The average molecular weight is 205 g/mol. The lowest BCUT2D eigenvalue weighted by Crippen LogP contribution is -2.29. The van der Waals surface area contributed by atoms with E-state index in [0.29, 0.717) is 19.6 Å². The summed E-state index contributed by atoms with van der Waals surface area (Å²) in [5, 5.41) is 0. The lowest BCUT2D eigenvalue weighted by atomic mass is 9.92. The van der Waals surface area contributed by atoms with E-state index in [1.165, 1.54) is 0 Å². The fourth-order valence-electron chi connectivity index (χ4n) is 1.88. The minimum Gasteiger partial charge on any atom is -0.493 e. The number of para-hydroxylation sites is 1. The lowest BCUT2D eigenvalue weighted by Gasteiger charge is -2.24. The van der Waals surface area contributed by atoms with E-state index in [1.807, 2.05) is 24.3 Å². The summed E-state index contributed by atoms with van der Waals surface area (Å²) in [6, 6.07) is 7.87. The van der Waals surface area contributed by atoms with Gasteiger partial charge in [-0.2, -0.15) is 0 Å². The number of carbonyl (C=O) groups excluding carboxylic acids is 1. The van der Waals surface area contributed by atoms with Gasteiger partial charge in [-0.15, -0.1) is 0 Å². The summed E-state index contributed by atoms with van der Waals surface area (Å²) in [5.74, 6) is 1.12. The number of fused-ring (bicyclic) bond motifs is 1. The quantitative estimate of drug-likeness (QED) is 0.805.